The highest BCUT2D eigenvalue weighted by Gasteiger charge is 2.16. The van der Waals surface area contributed by atoms with Crippen molar-refractivity contribution in [2.75, 3.05) is 13.1 Å². The second-order valence-electron chi connectivity index (χ2n) is 3.86. The summed E-state index contributed by atoms with van der Waals surface area (Å²) in [7, 11) is 0. The lowest BCUT2D eigenvalue weighted by Gasteiger charge is -2.19. The highest BCUT2D eigenvalue weighted by molar-refractivity contribution is 5.84. The predicted molar refractivity (Wildman–Crippen MR) is 52.9 cm³/mol. The fraction of sp³-hybridized carbons (Fsp3) is 0.667. The maximum atomic E-state index is 11.1. The molecular formula is C9H16N2O4. The molecule has 2 N–H and O–H groups in total. The maximum Gasteiger partial charge on any atom is 0.325 e. The zero-order valence-corrected chi connectivity index (χ0v) is 9.12. The van der Waals surface area contributed by atoms with Crippen LogP contribution in [0.15, 0.2) is 0 Å². The van der Waals surface area contributed by atoms with E-state index in [0.29, 0.717) is 6.41 Å². The summed E-state index contributed by atoms with van der Waals surface area (Å²) in [5.41, 5.74) is -0.567. The molecule has 0 aliphatic heterocycles. The summed E-state index contributed by atoms with van der Waals surface area (Å²) in [5.74, 6) is -0.949. The Hall–Kier alpha value is -1.59. The molecule has 0 aliphatic carbocycles. The lowest BCUT2D eigenvalue weighted by Crippen LogP contribution is -2.38. The second-order valence-corrected chi connectivity index (χ2v) is 3.86. The van der Waals surface area contributed by atoms with Crippen LogP contribution in [0, 0.1) is 0 Å². The molecule has 0 bridgehead atoms. The molecule has 0 radical (unpaired) electrons. The summed E-state index contributed by atoms with van der Waals surface area (Å²) in [5, 5.41) is 4.48. The molecule has 0 spiro atoms. The first kappa shape index (κ1) is 13.4. The van der Waals surface area contributed by atoms with Crippen molar-refractivity contribution in [1.82, 2.24) is 10.6 Å². The highest BCUT2D eigenvalue weighted by Crippen LogP contribution is 2.05. The molecule has 0 aliphatic rings. The van der Waals surface area contributed by atoms with Crippen LogP contribution in [-0.2, 0) is 19.1 Å². The fourth-order valence-corrected chi connectivity index (χ4v) is 0.745. The Morgan fingerprint density at radius 2 is 1.87 bits per heavy atom. The minimum atomic E-state index is -0.567. The van der Waals surface area contributed by atoms with E-state index in [2.05, 4.69) is 10.6 Å². The van der Waals surface area contributed by atoms with E-state index in [-0.39, 0.29) is 13.1 Å². The van der Waals surface area contributed by atoms with Crippen molar-refractivity contribution in [3.8, 4) is 0 Å². The molecule has 0 fully saturated rings. The van der Waals surface area contributed by atoms with E-state index < -0.39 is 17.5 Å². The molecule has 6 heteroatoms. The lowest BCUT2D eigenvalue weighted by molar-refractivity contribution is -0.154. The van der Waals surface area contributed by atoms with Crippen LogP contribution in [0.1, 0.15) is 20.8 Å². The van der Waals surface area contributed by atoms with E-state index in [9.17, 15) is 14.4 Å². The number of nitrogens with one attached hydrogen (secondary N) is 2. The third-order valence-electron chi connectivity index (χ3n) is 1.20. The minimum absolute atomic E-state index is 0.147. The van der Waals surface area contributed by atoms with Crippen molar-refractivity contribution in [2.24, 2.45) is 0 Å². The predicted octanol–water partition coefficient (Wildman–Crippen LogP) is -0.810. The van der Waals surface area contributed by atoms with Crippen molar-refractivity contribution in [3.63, 3.8) is 0 Å². The summed E-state index contributed by atoms with van der Waals surface area (Å²) < 4.78 is 4.95. The van der Waals surface area contributed by atoms with Gasteiger partial charge >= 0.3 is 5.97 Å². The van der Waals surface area contributed by atoms with E-state index in [1.807, 2.05) is 0 Å². The number of hydrogen-bond donors (Lipinski definition) is 2. The van der Waals surface area contributed by atoms with Gasteiger partial charge in [-0.15, -0.1) is 0 Å². The van der Waals surface area contributed by atoms with Crippen molar-refractivity contribution in [1.29, 1.82) is 0 Å². The van der Waals surface area contributed by atoms with Gasteiger partial charge in [0.15, 0.2) is 0 Å². The first-order chi connectivity index (χ1) is 6.85. The molecule has 6 nitrogen and oxygen atoms in total. The second kappa shape index (κ2) is 6.00. The molecule has 0 heterocycles. The van der Waals surface area contributed by atoms with Crippen molar-refractivity contribution in [2.45, 2.75) is 26.4 Å². The monoisotopic (exact) mass is 216 g/mol. The Kier molecular flexibility index (Phi) is 5.36. The summed E-state index contributed by atoms with van der Waals surface area (Å²) in [6, 6.07) is 0. The van der Waals surface area contributed by atoms with Gasteiger partial charge in [0.1, 0.15) is 12.1 Å². The number of amides is 2. The molecular weight excluding hydrogens is 200 g/mol. The molecule has 0 saturated heterocycles. The topological polar surface area (TPSA) is 84.5 Å². The van der Waals surface area contributed by atoms with Crippen LogP contribution < -0.4 is 10.6 Å². The quantitative estimate of drug-likeness (QED) is 0.465. The fourth-order valence-electron chi connectivity index (χ4n) is 0.745. The van der Waals surface area contributed by atoms with E-state index >= 15 is 0 Å². The van der Waals surface area contributed by atoms with Gasteiger partial charge in [0.05, 0.1) is 6.54 Å². The van der Waals surface area contributed by atoms with E-state index in [1.165, 1.54) is 0 Å². The number of rotatable bonds is 5. The van der Waals surface area contributed by atoms with Gasteiger partial charge in [0, 0.05) is 0 Å². The molecule has 0 unspecified atom stereocenters. The minimum Gasteiger partial charge on any atom is -0.459 e. The number of esters is 1. The van der Waals surface area contributed by atoms with Crippen molar-refractivity contribution < 1.29 is 19.1 Å². The zero-order valence-electron chi connectivity index (χ0n) is 9.12. The first-order valence-electron chi connectivity index (χ1n) is 4.51. The Labute approximate surface area is 88.4 Å². The summed E-state index contributed by atoms with van der Waals surface area (Å²) in [4.78, 5) is 31.9. The Balaban J connectivity index is 3.71. The van der Waals surface area contributed by atoms with Crippen LogP contribution in [0.5, 0.6) is 0 Å². The number of carbonyl (C=O) groups excluding carboxylic acids is 3. The van der Waals surface area contributed by atoms with Gasteiger partial charge in [-0.2, -0.15) is 0 Å². The third-order valence-corrected chi connectivity index (χ3v) is 1.20. The van der Waals surface area contributed by atoms with Crippen LogP contribution in [0.4, 0.5) is 0 Å². The van der Waals surface area contributed by atoms with Gasteiger partial charge in [-0.25, -0.2) is 0 Å². The number of carbonyl (C=O) groups is 3. The van der Waals surface area contributed by atoms with Gasteiger partial charge in [0.2, 0.25) is 12.3 Å². The molecule has 15 heavy (non-hydrogen) atoms. The van der Waals surface area contributed by atoms with Gasteiger partial charge in [0.25, 0.3) is 0 Å². The van der Waals surface area contributed by atoms with Gasteiger partial charge in [-0.3, -0.25) is 14.4 Å². The van der Waals surface area contributed by atoms with E-state index in [4.69, 9.17) is 4.74 Å². The summed E-state index contributed by atoms with van der Waals surface area (Å²) >= 11 is 0. The SMILES string of the molecule is CC(C)(C)OC(=O)CNC(=O)CNC=O. The Morgan fingerprint density at radius 3 is 2.33 bits per heavy atom. The van der Waals surface area contributed by atoms with E-state index in [1.54, 1.807) is 20.8 Å². The Morgan fingerprint density at radius 1 is 1.27 bits per heavy atom. The normalized spacial score (nSPS) is 10.3. The maximum absolute atomic E-state index is 11.1. The molecule has 0 atom stereocenters. The van der Waals surface area contributed by atoms with Crippen molar-refractivity contribution >= 4 is 18.3 Å². The zero-order chi connectivity index (χ0) is 11.9. The summed E-state index contributed by atoms with van der Waals surface area (Å²) in [6.07, 6.45) is 0.410. The third kappa shape index (κ3) is 8.73. The first-order valence-corrected chi connectivity index (χ1v) is 4.51. The number of hydrogen-bond acceptors (Lipinski definition) is 4. The van der Waals surface area contributed by atoms with Gasteiger partial charge < -0.3 is 15.4 Å². The largest absolute Gasteiger partial charge is 0.459 e. The average Bonchev–Trinajstić information content (AvgIpc) is 2.08. The van der Waals surface area contributed by atoms with Gasteiger partial charge in [-0.05, 0) is 20.8 Å². The van der Waals surface area contributed by atoms with Crippen LogP contribution in [0.3, 0.4) is 0 Å². The van der Waals surface area contributed by atoms with Crippen molar-refractivity contribution in [3.05, 3.63) is 0 Å². The molecule has 0 saturated carbocycles. The van der Waals surface area contributed by atoms with E-state index in [0.717, 1.165) is 0 Å². The van der Waals surface area contributed by atoms with Crippen LogP contribution in [-0.4, -0.2) is 37.0 Å². The molecule has 2 amide bonds. The summed E-state index contributed by atoms with van der Waals surface area (Å²) in [6.45, 7) is 4.87. The van der Waals surface area contributed by atoms with Crippen LogP contribution in [0.2, 0.25) is 0 Å². The molecule has 0 aromatic rings. The molecule has 0 aromatic heterocycles. The highest BCUT2D eigenvalue weighted by atomic mass is 16.6. The van der Waals surface area contributed by atoms with Crippen LogP contribution >= 0.6 is 0 Å². The van der Waals surface area contributed by atoms with Crippen LogP contribution in [0.25, 0.3) is 0 Å². The molecule has 0 aromatic carbocycles. The standard InChI is InChI=1S/C9H16N2O4/c1-9(2,3)15-8(14)5-11-7(13)4-10-6-12/h6H,4-5H2,1-3H3,(H,10,12)(H,11,13). The van der Waals surface area contributed by atoms with Gasteiger partial charge in [-0.1, -0.05) is 0 Å². The number of ether oxygens (including phenoxy) is 1. The molecule has 0 rings (SSSR count). The Bertz CT molecular complexity index is 245. The average molecular weight is 216 g/mol. The lowest BCUT2D eigenvalue weighted by atomic mass is 10.2. The molecule has 86 valence electrons. The smallest absolute Gasteiger partial charge is 0.325 e.